The van der Waals surface area contributed by atoms with E-state index < -0.39 is 47.7 Å². The maximum Gasteiger partial charge on any atom is 0.490 e. The first-order valence-corrected chi connectivity index (χ1v) is 21.0. The lowest BCUT2D eigenvalue weighted by molar-refractivity contribution is -0.193. The van der Waals surface area contributed by atoms with E-state index in [9.17, 15) is 45.5 Å². The van der Waals surface area contributed by atoms with E-state index in [4.69, 9.17) is 19.8 Å². The summed E-state index contributed by atoms with van der Waals surface area (Å²) in [5.74, 6) is -7.69. The molecule has 0 fully saturated rings. The second kappa shape index (κ2) is 27.3. The predicted octanol–water partition coefficient (Wildman–Crippen LogP) is 7.82. The summed E-state index contributed by atoms with van der Waals surface area (Å²) in [5, 5.41) is 28.1. The molecule has 2 heterocycles. The van der Waals surface area contributed by atoms with Gasteiger partial charge in [0.1, 0.15) is 0 Å². The molecular formula is C40H48Br2F6N6O8. The molecule has 342 valence electrons. The van der Waals surface area contributed by atoms with Crippen molar-refractivity contribution in [3.05, 3.63) is 68.9 Å². The predicted molar refractivity (Wildman–Crippen MR) is 226 cm³/mol. The summed E-state index contributed by atoms with van der Waals surface area (Å²) in [6.45, 7) is 4.47. The molecular weight excluding hydrogens is 966 g/mol. The first kappa shape index (κ1) is 53.3. The summed E-state index contributed by atoms with van der Waals surface area (Å²) in [4.78, 5) is 73.6. The van der Waals surface area contributed by atoms with Crippen molar-refractivity contribution < 1.29 is 65.3 Å². The Morgan fingerprint density at radius 2 is 0.806 bits per heavy atom. The molecule has 0 unspecified atom stereocenters. The van der Waals surface area contributed by atoms with Gasteiger partial charge in [-0.1, -0.05) is 82.5 Å². The summed E-state index contributed by atoms with van der Waals surface area (Å²) in [7, 11) is 0. The van der Waals surface area contributed by atoms with E-state index in [1.807, 2.05) is 36.4 Å². The molecule has 0 saturated carbocycles. The highest BCUT2D eigenvalue weighted by molar-refractivity contribution is 9.10. The lowest BCUT2D eigenvalue weighted by Crippen LogP contribution is -2.33. The van der Waals surface area contributed by atoms with Crippen LogP contribution in [0.5, 0.6) is 0 Å². The van der Waals surface area contributed by atoms with E-state index in [1.54, 1.807) is 12.4 Å². The Kier molecular flexibility index (Phi) is 23.5. The van der Waals surface area contributed by atoms with E-state index in [0.29, 0.717) is 24.2 Å². The summed E-state index contributed by atoms with van der Waals surface area (Å²) in [6, 6.07) is 11.1. The molecule has 0 aliphatic carbocycles. The standard InChI is InChI=1S/C36H46Br2N6O4.2C2HF3O2/c37-25-11-13-27-29(23-43-31(27)21-25)33(45)35(47)41-19-9-17-39-15-7-5-3-1-2-4-6-8-16-40-18-10-20-42-36(48)34(46)30-24-44-32-22-26(38)12-14-28(30)32;2*3-2(4,5)1(6)7/h11-14,21-24,39-40,43-44H,1-10,15-20H2,(H,41,47)(H,42,48);2*(H,6,7). The third-order valence-electron chi connectivity index (χ3n) is 8.76. The molecule has 2 aromatic carbocycles. The molecule has 0 spiro atoms. The fourth-order valence-electron chi connectivity index (χ4n) is 5.62. The second-order valence-corrected chi connectivity index (χ2v) is 15.4. The zero-order chi connectivity index (χ0) is 46.3. The van der Waals surface area contributed by atoms with Crippen LogP contribution in [0.2, 0.25) is 0 Å². The van der Waals surface area contributed by atoms with Crippen molar-refractivity contribution in [2.24, 2.45) is 0 Å². The molecule has 0 aliphatic rings. The zero-order valence-electron chi connectivity index (χ0n) is 33.3. The van der Waals surface area contributed by atoms with Crippen LogP contribution in [-0.4, -0.2) is 107 Å². The van der Waals surface area contributed by atoms with Crippen LogP contribution >= 0.6 is 31.9 Å². The Morgan fingerprint density at radius 3 is 1.13 bits per heavy atom. The number of nitrogens with one attached hydrogen (secondary N) is 6. The molecule has 62 heavy (non-hydrogen) atoms. The van der Waals surface area contributed by atoms with Gasteiger partial charge in [-0.2, -0.15) is 26.3 Å². The number of ketones is 2. The number of carbonyl (C=O) groups is 6. The fraction of sp³-hybridized carbons (Fsp3) is 0.450. The van der Waals surface area contributed by atoms with Gasteiger partial charge in [-0.15, -0.1) is 0 Å². The number of benzene rings is 2. The van der Waals surface area contributed by atoms with Crippen LogP contribution in [0.4, 0.5) is 26.3 Å². The van der Waals surface area contributed by atoms with E-state index in [0.717, 1.165) is 82.6 Å². The van der Waals surface area contributed by atoms with Gasteiger partial charge in [-0.3, -0.25) is 19.2 Å². The van der Waals surface area contributed by atoms with Crippen LogP contribution in [0, 0.1) is 0 Å². The normalized spacial score (nSPS) is 11.3. The minimum absolute atomic E-state index is 0.393. The van der Waals surface area contributed by atoms with Crippen LogP contribution < -0.4 is 21.3 Å². The monoisotopic (exact) mass is 1010 g/mol. The smallest absolute Gasteiger partial charge is 0.475 e. The van der Waals surface area contributed by atoms with Gasteiger partial charge in [0.2, 0.25) is 0 Å². The van der Waals surface area contributed by atoms with Gasteiger partial charge in [0.25, 0.3) is 23.4 Å². The molecule has 0 bridgehead atoms. The van der Waals surface area contributed by atoms with Crippen LogP contribution in [0.15, 0.2) is 57.7 Å². The molecule has 22 heteroatoms. The molecule has 8 N–H and O–H groups in total. The van der Waals surface area contributed by atoms with Gasteiger partial charge in [0.05, 0.1) is 11.1 Å². The van der Waals surface area contributed by atoms with E-state index >= 15 is 0 Å². The van der Waals surface area contributed by atoms with Gasteiger partial charge < -0.3 is 41.4 Å². The van der Waals surface area contributed by atoms with Crippen LogP contribution in [0.1, 0.15) is 84.9 Å². The van der Waals surface area contributed by atoms with Crippen molar-refractivity contribution in [1.82, 2.24) is 31.2 Å². The van der Waals surface area contributed by atoms with Gasteiger partial charge in [0.15, 0.2) is 0 Å². The first-order valence-electron chi connectivity index (χ1n) is 19.4. The summed E-state index contributed by atoms with van der Waals surface area (Å²) >= 11 is 6.82. The maximum atomic E-state index is 12.5. The van der Waals surface area contributed by atoms with E-state index in [-0.39, 0.29) is 0 Å². The molecule has 0 atom stereocenters. The highest BCUT2D eigenvalue weighted by Crippen LogP contribution is 2.24. The Bertz CT molecular complexity index is 1940. The maximum absolute atomic E-state index is 12.5. The highest BCUT2D eigenvalue weighted by Gasteiger charge is 2.39. The third-order valence-corrected chi connectivity index (χ3v) is 9.75. The van der Waals surface area contributed by atoms with Crippen LogP contribution in [0.3, 0.4) is 0 Å². The number of amides is 2. The highest BCUT2D eigenvalue weighted by atomic mass is 79.9. The molecule has 4 rings (SSSR count). The summed E-state index contributed by atoms with van der Waals surface area (Å²) in [5.41, 5.74) is 2.42. The molecule has 0 saturated heterocycles. The molecule has 0 radical (unpaired) electrons. The Balaban J connectivity index is 0.000000811. The van der Waals surface area contributed by atoms with Gasteiger partial charge >= 0.3 is 24.3 Å². The molecule has 4 aromatic rings. The van der Waals surface area contributed by atoms with Crippen LogP contribution in [0.25, 0.3) is 21.8 Å². The minimum atomic E-state index is -5.08. The number of hydrogen-bond donors (Lipinski definition) is 8. The number of Topliss-reactive ketones (excluding diaryl/α,β-unsaturated/α-hetero) is 2. The average molecular weight is 1010 g/mol. The SMILES string of the molecule is O=C(NCCCNCCCCCCCCCCNCCCNC(=O)C(=O)c1c[nH]c2cc(Br)ccc12)C(=O)c1c[nH]c2cc(Br)ccc12.O=C(O)C(F)(F)F.O=C(O)C(F)(F)F. The lowest BCUT2D eigenvalue weighted by atomic mass is 10.1. The van der Waals surface area contributed by atoms with Crippen molar-refractivity contribution in [2.75, 3.05) is 39.3 Å². The van der Waals surface area contributed by atoms with E-state index in [2.05, 4.69) is 63.1 Å². The number of aromatic amines is 2. The van der Waals surface area contributed by atoms with Crippen molar-refractivity contribution in [3.63, 3.8) is 0 Å². The Hall–Kier alpha value is -4.80. The third kappa shape index (κ3) is 19.9. The van der Waals surface area contributed by atoms with Gasteiger partial charge in [-0.05, 0) is 76.1 Å². The average Bonchev–Trinajstić information content (AvgIpc) is 3.82. The Labute approximate surface area is 369 Å². The van der Waals surface area contributed by atoms with Crippen molar-refractivity contribution in [1.29, 1.82) is 0 Å². The molecule has 0 aliphatic heterocycles. The number of unbranched alkanes of at least 4 members (excludes halogenated alkanes) is 7. The summed E-state index contributed by atoms with van der Waals surface area (Å²) in [6.07, 6.45) is 4.28. The molecule has 2 aromatic heterocycles. The number of carboxylic acids is 2. The Morgan fingerprint density at radius 1 is 0.500 bits per heavy atom. The number of carboxylic acid groups (broad SMARTS) is 2. The largest absolute Gasteiger partial charge is 0.490 e. The molecule has 14 nitrogen and oxygen atoms in total. The first-order chi connectivity index (χ1) is 29.2. The number of aromatic nitrogens is 2. The molecule has 2 amide bonds. The number of halogens is 8. The van der Waals surface area contributed by atoms with Crippen molar-refractivity contribution in [2.45, 2.75) is 76.6 Å². The topological polar surface area (TPSA) is 223 Å². The zero-order valence-corrected chi connectivity index (χ0v) is 36.5. The number of alkyl halides is 6. The fourth-order valence-corrected chi connectivity index (χ4v) is 6.34. The second-order valence-electron chi connectivity index (χ2n) is 13.6. The number of rotatable bonds is 23. The van der Waals surface area contributed by atoms with Crippen molar-refractivity contribution in [3.8, 4) is 0 Å². The number of fused-ring (bicyclic) bond motifs is 2. The number of carbonyl (C=O) groups excluding carboxylic acids is 4. The minimum Gasteiger partial charge on any atom is -0.475 e. The van der Waals surface area contributed by atoms with Crippen molar-refractivity contribution >= 4 is 89.0 Å². The quantitative estimate of drug-likeness (QED) is 0.0156. The van der Waals surface area contributed by atoms with Gasteiger partial charge in [0, 0.05) is 56.2 Å². The van der Waals surface area contributed by atoms with E-state index in [1.165, 1.54) is 38.5 Å². The van der Waals surface area contributed by atoms with Gasteiger partial charge in [-0.25, -0.2) is 9.59 Å². The lowest BCUT2D eigenvalue weighted by Gasteiger charge is -2.07. The van der Waals surface area contributed by atoms with Crippen LogP contribution in [-0.2, 0) is 19.2 Å². The number of aliphatic carboxylic acids is 2. The number of hydrogen-bond acceptors (Lipinski definition) is 8. The number of H-pyrrole nitrogens is 2. The summed E-state index contributed by atoms with van der Waals surface area (Å²) < 4.78 is 65.3.